The number of hydrogen-bond donors (Lipinski definition) is 0. The van der Waals surface area contributed by atoms with E-state index in [1.54, 1.807) is 6.20 Å². The molecule has 1 radical (unpaired) electrons. The van der Waals surface area contributed by atoms with Gasteiger partial charge in [0.25, 0.3) is 0 Å². The number of para-hydroxylation sites is 1. The Kier molecular flexibility index (Phi) is 8.60. The Hall–Kier alpha value is -4.64. The first-order valence-corrected chi connectivity index (χ1v) is 15.5. The molecule has 8 aromatic rings. The summed E-state index contributed by atoms with van der Waals surface area (Å²) < 4.78 is 12.6. The summed E-state index contributed by atoms with van der Waals surface area (Å²) in [5, 5.41) is 4.15. The monoisotopic (exact) mass is 794 g/mol. The van der Waals surface area contributed by atoms with Gasteiger partial charge in [0, 0.05) is 59.8 Å². The Morgan fingerprint density at radius 3 is 2.04 bits per heavy atom. The van der Waals surface area contributed by atoms with Crippen LogP contribution in [0.4, 0.5) is 0 Å². The Morgan fingerprint density at radius 1 is 0.596 bits per heavy atom. The van der Waals surface area contributed by atoms with Gasteiger partial charge in [0.1, 0.15) is 5.58 Å². The van der Waals surface area contributed by atoms with Gasteiger partial charge in [-0.3, -0.25) is 9.97 Å². The van der Waals surface area contributed by atoms with Crippen molar-refractivity contribution in [1.29, 1.82) is 0 Å². The molecule has 0 aliphatic carbocycles. The van der Waals surface area contributed by atoms with Gasteiger partial charge >= 0.3 is 0 Å². The number of nitrogens with zero attached hydrogens (tertiary/aromatic N) is 3. The molecule has 0 amide bonds. The van der Waals surface area contributed by atoms with Crippen LogP contribution >= 0.6 is 0 Å². The summed E-state index contributed by atoms with van der Waals surface area (Å²) in [6.45, 7) is 13.1. The van der Waals surface area contributed by atoms with E-state index in [-0.39, 0.29) is 30.9 Å². The van der Waals surface area contributed by atoms with Crippen molar-refractivity contribution >= 4 is 43.9 Å². The molecule has 237 valence electrons. The first kappa shape index (κ1) is 32.3. The van der Waals surface area contributed by atoms with Crippen molar-refractivity contribution in [3.63, 3.8) is 0 Å². The van der Waals surface area contributed by atoms with Crippen LogP contribution in [0.1, 0.15) is 52.8 Å². The Bertz CT molecular complexity index is 2340. The van der Waals surface area contributed by atoms with Crippen molar-refractivity contribution < 1.29 is 28.9 Å². The van der Waals surface area contributed by atoms with Gasteiger partial charge in [-0.05, 0) is 40.9 Å². The number of aromatic nitrogens is 3. The summed E-state index contributed by atoms with van der Waals surface area (Å²) in [4.78, 5) is 13.7. The Labute approximate surface area is 288 Å². The minimum Gasteiger partial charge on any atom is -0.497 e. The molecule has 4 heterocycles. The smallest absolute Gasteiger partial charge is 0.177 e. The average Bonchev–Trinajstić information content (AvgIpc) is 3.64. The molecular weight excluding hydrogens is 759 g/mol. The third kappa shape index (κ3) is 6.24. The molecule has 8 rings (SSSR count). The first-order chi connectivity index (χ1) is 22.1. The van der Waals surface area contributed by atoms with Crippen molar-refractivity contribution in [2.24, 2.45) is 0 Å². The number of hydrogen-bond acceptors (Lipinski definition) is 5. The maximum atomic E-state index is 6.40. The van der Waals surface area contributed by atoms with E-state index in [0.29, 0.717) is 5.82 Å². The van der Waals surface area contributed by atoms with E-state index in [0.717, 1.165) is 66.4 Å². The standard InChI is InChI=1S/C26H19N2O2.C15H16N.Ir/c1-26(2,3)21-13-14-27-25(28-21)19-9-6-8-16-18-12-11-17-15-7-4-5-10-20(15)29-23(17)24(18)30-22(16)19;1-15(2,3)13-9-10-16-14(11-13)12-7-5-4-6-8-12;/h4-8,10-14H,1-3H3;4-7,9-11H,1-3H3;/q2*-1;. The van der Waals surface area contributed by atoms with Crippen LogP contribution in [-0.2, 0) is 30.9 Å². The van der Waals surface area contributed by atoms with E-state index >= 15 is 0 Å². The Balaban J connectivity index is 0.000000194. The van der Waals surface area contributed by atoms with Gasteiger partial charge in [0.05, 0.1) is 11.4 Å². The van der Waals surface area contributed by atoms with E-state index in [4.69, 9.17) is 13.8 Å². The summed E-state index contributed by atoms with van der Waals surface area (Å²) in [5.74, 6) is 0.618. The number of benzene rings is 4. The molecule has 0 fully saturated rings. The molecule has 47 heavy (non-hydrogen) atoms. The molecule has 0 aliphatic rings. The molecule has 5 nitrogen and oxygen atoms in total. The van der Waals surface area contributed by atoms with E-state index in [1.807, 2.05) is 66.9 Å². The summed E-state index contributed by atoms with van der Waals surface area (Å²) in [5.41, 5.74) is 8.27. The fraction of sp³-hybridized carbons (Fsp3) is 0.195. The minimum atomic E-state index is -0.0695. The molecule has 0 N–H and O–H groups in total. The molecule has 6 heteroatoms. The predicted molar refractivity (Wildman–Crippen MR) is 187 cm³/mol. The molecule has 4 aromatic carbocycles. The van der Waals surface area contributed by atoms with Crippen LogP contribution in [0.5, 0.6) is 0 Å². The van der Waals surface area contributed by atoms with Crippen LogP contribution in [0.25, 0.3) is 66.5 Å². The molecule has 0 saturated carbocycles. The predicted octanol–water partition coefficient (Wildman–Crippen LogP) is 10.9. The molecule has 0 bridgehead atoms. The molecular formula is C41H35IrN3O2-2. The fourth-order valence-corrected chi connectivity index (χ4v) is 5.64. The third-order valence-corrected chi connectivity index (χ3v) is 8.20. The zero-order valence-corrected chi connectivity index (χ0v) is 29.7. The fourth-order valence-electron chi connectivity index (χ4n) is 5.64. The van der Waals surface area contributed by atoms with Crippen molar-refractivity contribution in [1.82, 2.24) is 15.0 Å². The molecule has 4 aromatic heterocycles. The second kappa shape index (κ2) is 12.5. The first-order valence-electron chi connectivity index (χ1n) is 15.5. The van der Waals surface area contributed by atoms with Crippen LogP contribution in [0.3, 0.4) is 0 Å². The minimum absolute atomic E-state index is 0. The van der Waals surface area contributed by atoms with E-state index in [9.17, 15) is 0 Å². The van der Waals surface area contributed by atoms with Crippen molar-refractivity contribution in [3.8, 4) is 22.6 Å². The molecule has 0 saturated heterocycles. The number of fused-ring (bicyclic) bond motifs is 7. The SMILES string of the molecule is CC(C)(C)c1ccnc(-c2[c-]ccc3c2oc2c3ccc3c4ccccc4oc32)n1.CC(C)(C)c1ccnc(-c2[c-]cccc2)c1.[Ir]. The van der Waals surface area contributed by atoms with Crippen LogP contribution in [-0.4, -0.2) is 15.0 Å². The van der Waals surface area contributed by atoms with Gasteiger partial charge in [0.15, 0.2) is 11.2 Å². The number of pyridine rings is 1. The van der Waals surface area contributed by atoms with E-state index < -0.39 is 0 Å². The average molecular weight is 794 g/mol. The molecule has 0 aliphatic heterocycles. The third-order valence-electron chi connectivity index (χ3n) is 8.20. The second-order valence-corrected chi connectivity index (χ2v) is 13.6. The van der Waals surface area contributed by atoms with Crippen molar-refractivity contribution in [3.05, 3.63) is 127 Å². The van der Waals surface area contributed by atoms with E-state index in [2.05, 4.69) is 94.0 Å². The van der Waals surface area contributed by atoms with Crippen LogP contribution < -0.4 is 0 Å². The van der Waals surface area contributed by atoms with Gasteiger partial charge < -0.3 is 13.8 Å². The normalized spacial score (nSPS) is 11.9. The zero-order chi connectivity index (χ0) is 32.1. The largest absolute Gasteiger partial charge is 0.497 e. The van der Waals surface area contributed by atoms with Crippen molar-refractivity contribution in [2.75, 3.05) is 0 Å². The zero-order valence-electron chi connectivity index (χ0n) is 27.3. The van der Waals surface area contributed by atoms with Gasteiger partial charge in [-0.1, -0.05) is 82.8 Å². The number of rotatable bonds is 2. The summed E-state index contributed by atoms with van der Waals surface area (Å²) in [7, 11) is 0. The molecule has 0 spiro atoms. The molecule has 0 unspecified atom stereocenters. The molecule has 0 atom stereocenters. The van der Waals surface area contributed by atoms with Gasteiger partial charge in [-0.15, -0.1) is 54.1 Å². The second-order valence-electron chi connectivity index (χ2n) is 13.6. The van der Waals surface area contributed by atoms with Gasteiger partial charge in [-0.2, -0.15) is 0 Å². The summed E-state index contributed by atoms with van der Waals surface area (Å²) in [6.07, 6.45) is 3.67. The summed E-state index contributed by atoms with van der Waals surface area (Å²) in [6, 6.07) is 36.8. The quantitative estimate of drug-likeness (QED) is 0.163. The maximum absolute atomic E-state index is 6.40. The maximum Gasteiger partial charge on any atom is 0.177 e. The Morgan fingerprint density at radius 2 is 1.30 bits per heavy atom. The van der Waals surface area contributed by atoms with Crippen LogP contribution in [0.15, 0.2) is 112 Å². The van der Waals surface area contributed by atoms with Crippen molar-refractivity contribution in [2.45, 2.75) is 52.4 Å². The van der Waals surface area contributed by atoms with Gasteiger partial charge in [0.2, 0.25) is 0 Å². The van der Waals surface area contributed by atoms with Crippen LogP contribution in [0.2, 0.25) is 0 Å². The topological polar surface area (TPSA) is 65.0 Å². The number of furan rings is 2. The summed E-state index contributed by atoms with van der Waals surface area (Å²) >= 11 is 0. The van der Waals surface area contributed by atoms with Gasteiger partial charge in [-0.25, -0.2) is 0 Å². The van der Waals surface area contributed by atoms with Crippen LogP contribution in [0, 0.1) is 12.1 Å². The van der Waals surface area contributed by atoms with E-state index in [1.165, 1.54) is 5.56 Å².